The minimum absolute atomic E-state index is 0.00274. The highest BCUT2D eigenvalue weighted by atomic mass is 35.5. The summed E-state index contributed by atoms with van der Waals surface area (Å²) in [6.07, 6.45) is 3.41. The molecule has 1 N–H and O–H groups in total. The van der Waals surface area contributed by atoms with Crippen molar-refractivity contribution < 1.29 is 9.90 Å². The minimum Gasteiger partial charge on any atom is -0.394 e. The Morgan fingerprint density at radius 1 is 1.00 bits per heavy atom. The average Bonchev–Trinajstić information content (AvgIpc) is 3.49. The smallest absolute Gasteiger partial charge is 0.223 e. The predicted octanol–water partition coefficient (Wildman–Crippen LogP) is 5.21. The molecule has 0 aromatic heterocycles. The Bertz CT molecular complexity index is 819. The van der Waals surface area contributed by atoms with Crippen molar-refractivity contribution in [1.29, 1.82) is 0 Å². The molecular weight excluding hydrogens is 381 g/mol. The zero-order chi connectivity index (χ0) is 19.0. The van der Waals surface area contributed by atoms with Crippen LogP contribution in [0.4, 0.5) is 0 Å². The maximum Gasteiger partial charge on any atom is 0.223 e. The molecule has 3 atom stereocenters. The van der Waals surface area contributed by atoms with E-state index < -0.39 is 0 Å². The molecule has 1 saturated carbocycles. The summed E-state index contributed by atoms with van der Waals surface area (Å²) in [5.74, 6) is 0.654. The van der Waals surface area contributed by atoms with Gasteiger partial charge in [-0.15, -0.1) is 0 Å². The fourth-order valence-corrected chi connectivity index (χ4v) is 4.72. The van der Waals surface area contributed by atoms with Crippen molar-refractivity contribution in [3.63, 3.8) is 0 Å². The van der Waals surface area contributed by atoms with Gasteiger partial charge in [0.15, 0.2) is 0 Å². The molecule has 0 spiro atoms. The molecule has 2 aromatic rings. The van der Waals surface area contributed by atoms with E-state index in [1.807, 2.05) is 47.4 Å². The summed E-state index contributed by atoms with van der Waals surface area (Å²) in [6, 6.07) is 15.4. The monoisotopic (exact) mass is 403 g/mol. The lowest BCUT2D eigenvalue weighted by molar-refractivity contribution is -0.142. The van der Waals surface area contributed by atoms with Crippen LogP contribution in [-0.2, 0) is 4.79 Å². The van der Waals surface area contributed by atoms with Gasteiger partial charge in [-0.25, -0.2) is 0 Å². The molecule has 1 aliphatic heterocycles. The Kier molecular flexibility index (Phi) is 5.45. The minimum atomic E-state index is -0.125. The molecule has 2 fully saturated rings. The second-order valence-corrected chi connectivity index (χ2v) is 8.46. The number of piperidine rings is 1. The Morgan fingerprint density at radius 3 is 2.37 bits per heavy atom. The summed E-state index contributed by atoms with van der Waals surface area (Å²) >= 11 is 12.4. The number of benzene rings is 2. The van der Waals surface area contributed by atoms with Gasteiger partial charge in [0.05, 0.1) is 18.7 Å². The van der Waals surface area contributed by atoms with Crippen molar-refractivity contribution in [2.45, 2.75) is 43.7 Å². The number of aliphatic hydroxyl groups excluding tert-OH is 1. The van der Waals surface area contributed by atoms with E-state index in [1.165, 1.54) is 0 Å². The number of hydrogen-bond acceptors (Lipinski definition) is 2. The van der Waals surface area contributed by atoms with E-state index in [9.17, 15) is 9.90 Å². The van der Waals surface area contributed by atoms with Crippen LogP contribution in [0.5, 0.6) is 0 Å². The third-order valence-electron chi connectivity index (χ3n) is 5.84. The third kappa shape index (κ3) is 3.87. The first kappa shape index (κ1) is 18.8. The number of hydrogen-bond donors (Lipinski definition) is 1. The van der Waals surface area contributed by atoms with E-state index in [4.69, 9.17) is 23.2 Å². The molecule has 2 aliphatic rings. The molecule has 4 rings (SSSR count). The molecule has 2 aromatic carbocycles. The molecule has 1 amide bonds. The van der Waals surface area contributed by atoms with E-state index in [2.05, 4.69) is 6.07 Å². The number of likely N-dealkylation sites (tertiary alicyclic amines) is 1. The van der Waals surface area contributed by atoms with Crippen molar-refractivity contribution in [3.8, 4) is 0 Å². The zero-order valence-corrected chi connectivity index (χ0v) is 16.5. The van der Waals surface area contributed by atoms with Gasteiger partial charge >= 0.3 is 0 Å². The van der Waals surface area contributed by atoms with Crippen LogP contribution < -0.4 is 0 Å². The highest BCUT2D eigenvalue weighted by Crippen LogP contribution is 2.48. The van der Waals surface area contributed by atoms with Gasteiger partial charge in [-0.3, -0.25) is 4.79 Å². The Morgan fingerprint density at radius 2 is 1.74 bits per heavy atom. The van der Waals surface area contributed by atoms with Gasteiger partial charge in [-0.05, 0) is 60.6 Å². The number of carbonyl (C=O) groups is 1. The normalized spacial score (nSPS) is 24.1. The summed E-state index contributed by atoms with van der Waals surface area (Å²) in [5, 5.41) is 11.5. The second-order valence-electron chi connectivity index (χ2n) is 7.58. The molecule has 27 heavy (non-hydrogen) atoms. The second kappa shape index (κ2) is 7.83. The Labute approximate surface area is 169 Å². The van der Waals surface area contributed by atoms with Gasteiger partial charge in [-0.1, -0.05) is 47.5 Å². The lowest BCUT2D eigenvalue weighted by Gasteiger charge is -2.45. The first-order chi connectivity index (χ1) is 13.1. The average molecular weight is 404 g/mol. The van der Waals surface area contributed by atoms with Crippen molar-refractivity contribution in [2.24, 2.45) is 5.92 Å². The molecule has 2 unspecified atom stereocenters. The highest BCUT2D eigenvalue weighted by molar-refractivity contribution is 6.30. The summed E-state index contributed by atoms with van der Waals surface area (Å²) < 4.78 is 0. The largest absolute Gasteiger partial charge is 0.394 e. The van der Waals surface area contributed by atoms with Gasteiger partial charge in [0.25, 0.3) is 0 Å². The molecule has 3 nitrogen and oxygen atoms in total. The van der Waals surface area contributed by atoms with Crippen LogP contribution >= 0.6 is 23.2 Å². The molecule has 1 aliphatic carbocycles. The number of carbonyl (C=O) groups excluding carboxylic acids is 1. The van der Waals surface area contributed by atoms with Gasteiger partial charge in [0.1, 0.15) is 0 Å². The fraction of sp³-hybridized carbons (Fsp3) is 0.409. The van der Waals surface area contributed by atoms with Crippen LogP contribution in [0.3, 0.4) is 0 Å². The lowest BCUT2D eigenvalue weighted by atomic mass is 9.79. The van der Waals surface area contributed by atoms with E-state index in [-0.39, 0.29) is 30.5 Å². The molecule has 1 heterocycles. The van der Waals surface area contributed by atoms with E-state index in [0.717, 1.165) is 30.4 Å². The van der Waals surface area contributed by atoms with Crippen LogP contribution in [0.1, 0.15) is 48.8 Å². The molecule has 142 valence electrons. The SMILES string of the molecule is O=C1CCC(c2cccc(Cl)c2)[C@@H](c2ccc(Cl)cc2)N1C(CO)C1CC1. The van der Waals surface area contributed by atoms with Crippen LogP contribution in [-0.4, -0.2) is 28.6 Å². The number of rotatable bonds is 5. The molecule has 0 bridgehead atoms. The third-order valence-corrected chi connectivity index (χ3v) is 6.32. The number of halogens is 2. The first-order valence-corrected chi connectivity index (χ1v) is 10.3. The van der Waals surface area contributed by atoms with Gasteiger partial charge in [0, 0.05) is 22.4 Å². The summed E-state index contributed by atoms with van der Waals surface area (Å²) in [4.78, 5) is 14.9. The van der Waals surface area contributed by atoms with Crippen LogP contribution in [0.2, 0.25) is 10.0 Å². The van der Waals surface area contributed by atoms with Crippen LogP contribution in [0, 0.1) is 5.92 Å². The number of nitrogens with zero attached hydrogens (tertiary/aromatic N) is 1. The lowest BCUT2D eigenvalue weighted by Crippen LogP contribution is -2.50. The Balaban J connectivity index is 1.79. The Hall–Kier alpha value is -1.55. The maximum atomic E-state index is 13.0. The molecule has 0 radical (unpaired) electrons. The quantitative estimate of drug-likeness (QED) is 0.743. The summed E-state index contributed by atoms with van der Waals surface area (Å²) in [5.41, 5.74) is 2.18. The molecule has 5 heteroatoms. The number of amides is 1. The van der Waals surface area contributed by atoms with Crippen molar-refractivity contribution in [2.75, 3.05) is 6.61 Å². The van der Waals surface area contributed by atoms with Gasteiger partial charge in [-0.2, -0.15) is 0 Å². The standard InChI is InChI=1S/C22H23Cl2NO2/c23-17-8-6-15(7-9-17)22-19(16-2-1-3-18(24)12-16)10-11-21(27)25(22)20(13-26)14-4-5-14/h1-3,6-9,12,14,19-20,22,26H,4-5,10-11,13H2/t19?,20?,22-/m1/s1. The molecular formula is C22H23Cl2NO2. The first-order valence-electron chi connectivity index (χ1n) is 9.51. The van der Waals surface area contributed by atoms with Crippen LogP contribution in [0.15, 0.2) is 48.5 Å². The van der Waals surface area contributed by atoms with Crippen molar-refractivity contribution in [3.05, 3.63) is 69.7 Å². The van der Waals surface area contributed by atoms with Gasteiger partial charge in [0.2, 0.25) is 5.91 Å². The predicted molar refractivity (Wildman–Crippen MR) is 108 cm³/mol. The zero-order valence-electron chi connectivity index (χ0n) is 15.0. The van der Waals surface area contributed by atoms with E-state index in [1.54, 1.807) is 0 Å². The van der Waals surface area contributed by atoms with E-state index in [0.29, 0.717) is 22.4 Å². The van der Waals surface area contributed by atoms with Gasteiger partial charge < -0.3 is 10.0 Å². The van der Waals surface area contributed by atoms with Crippen molar-refractivity contribution >= 4 is 29.1 Å². The van der Waals surface area contributed by atoms with E-state index >= 15 is 0 Å². The summed E-state index contributed by atoms with van der Waals surface area (Å²) in [6.45, 7) is 0.00274. The van der Waals surface area contributed by atoms with Crippen molar-refractivity contribution in [1.82, 2.24) is 4.90 Å². The molecule has 1 saturated heterocycles. The fourth-order valence-electron chi connectivity index (χ4n) is 4.39. The maximum absolute atomic E-state index is 13.0. The highest BCUT2D eigenvalue weighted by Gasteiger charge is 2.45. The number of aliphatic hydroxyl groups is 1. The van der Waals surface area contributed by atoms with Crippen LogP contribution in [0.25, 0.3) is 0 Å². The summed E-state index contributed by atoms with van der Waals surface area (Å²) in [7, 11) is 0. The topological polar surface area (TPSA) is 40.5 Å².